The first-order valence-electron chi connectivity index (χ1n) is 8.74. The van der Waals surface area contributed by atoms with E-state index in [2.05, 4.69) is 20.8 Å². The van der Waals surface area contributed by atoms with Crippen LogP contribution in [0.4, 0.5) is 0 Å². The van der Waals surface area contributed by atoms with E-state index in [1.807, 2.05) is 6.92 Å². The number of hydrogen-bond donors (Lipinski definition) is 2. The van der Waals surface area contributed by atoms with Gasteiger partial charge in [-0.3, -0.25) is 9.59 Å². The first-order valence-corrected chi connectivity index (χ1v) is 9.72. The normalized spacial score (nSPS) is 11.6. The Morgan fingerprint density at radius 1 is 1.21 bits per heavy atom. The summed E-state index contributed by atoms with van der Waals surface area (Å²) in [5.41, 5.74) is 0.669. The Bertz CT molecular complexity index is 811. The first-order chi connectivity index (χ1) is 13.5. The summed E-state index contributed by atoms with van der Waals surface area (Å²) in [6, 6.07) is 4.63. The van der Waals surface area contributed by atoms with Gasteiger partial charge >= 0.3 is 0 Å². The summed E-state index contributed by atoms with van der Waals surface area (Å²) in [6.45, 7) is 4.17. The largest absolute Gasteiger partial charge is 0.493 e. The standard InChI is InChI=1S/C18H24N4O5S/c1-5-8-19-16(24)11(2)20-15(23)10-28-18-22-21-17(27-18)12-6-7-13(25-3)14(9-12)26-4/h6-7,9,11H,5,8,10H2,1-4H3,(H,19,24)(H,20,23)/t11-/m1/s1. The number of nitrogens with one attached hydrogen (secondary N) is 2. The van der Waals surface area contributed by atoms with Crippen LogP contribution in [0.2, 0.25) is 0 Å². The zero-order valence-electron chi connectivity index (χ0n) is 16.3. The van der Waals surface area contributed by atoms with Crippen LogP contribution in [0.25, 0.3) is 11.5 Å². The van der Waals surface area contributed by atoms with Gasteiger partial charge in [0.25, 0.3) is 5.22 Å². The quantitative estimate of drug-likeness (QED) is 0.573. The summed E-state index contributed by atoms with van der Waals surface area (Å²) < 4.78 is 16.0. The fraction of sp³-hybridized carbons (Fsp3) is 0.444. The fourth-order valence-corrected chi connectivity index (χ4v) is 2.81. The molecule has 0 unspecified atom stereocenters. The summed E-state index contributed by atoms with van der Waals surface area (Å²) in [4.78, 5) is 23.8. The predicted octanol–water partition coefficient (Wildman–Crippen LogP) is 1.88. The smallest absolute Gasteiger partial charge is 0.277 e. The number of amides is 2. The molecule has 2 N–H and O–H groups in total. The minimum Gasteiger partial charge on any atom is -0.493 e. The van der Waals surface area contributed by atoms with Gasteiger partial charge in [-0.2, -0.15) is 0 Å². The third kappa shape index (κ3) is 5.88. The molecule has 2 rings (SSSR count). The lowest BCUT2D eigenvalue weighted by Gasteiger charge is -2.13. The van der Waals surface area contributed by atoms with E-state index < -0.39 is 6.04 Å². The van der Waals surface area contributed by atoms with Crippen LogP contribution in [0, 0.1) is 0 Å². The van der Waals surface area contributed by atoms with Crippen LogP contribution < -0.4 is 20.1 Å². The van der Waals surface area contributed by atoms with Gasteiger partial charge in [0.2, 0.25) is 17.7 Å². The van der Waals surface area contributed by atoms with Gasteiger partial charge in [-0.25, -0.2) is 0 Å². The second-order valence-corrected chi connectivity index (χ2v) is 6.74. The molecule has 2 amide bonds. The topological polar surface area (TPSA) is 116 Å². The van der Waals surface area contributed by atoms with Gasteiger partial charge in [0.15, 0.2) is 11.5 Å². The van der Waals surface area contributed by atoms with E-state index >= 15 is 0 Å². The summed E-state index contributed by atoms with van der Waals surface area (Å²) in [5, 5.41) is 13.5. The van der Waals surface area contributed by atoms with Gasteiger partial charge in [0.05, 0.1) is 20.0 Å². The Morgan fingerprint density at radius 3 is 2.64 bits per heavy atom. The molecule has 0 aliphatic carbocycles. The monoisotopic (exact) mass is 408 g/mol. The lowest BCUT2D eigenvalue weighted by molar-refractivity contribution is -0.127. The van der Waals surface area contributed by atoms with Crippen molar-refractivity contribution in [2.24, 2.45) is 0 Å². The lowest BCUT2D eigenvalue weighted by Crippen LogP contribution is -2.45. The first kappa shape index (κ1) is 21.5. The number of thioether (sulfide) groups is 1. The van der Waals surface area contributed by atoms with Crippen LogP contribution in [-0.4, -0.2) is 54.6 Å². The molecule has 0 bridgehead atoms. The number of aromatic nitrogens is 2. The molecular weight excluding hydrogens is 384 g/mol. The highest BCUT2D eigenvalue weighted by atomic mass is 32.2. The van der Waals surface area contributed by atoms with E-state index in [0.29, 0.717) is 29.5 Å². The summed E-state index contributed by atoms with van der Waals surface area (Å²) in [7, 11) is 3.09. The fourth-order valence-electron chi connectivity index (χ4n) is 2.23. The summed E-state index contributed by atoms with van der Waals surface area (Å²) in [5.74, 6) is 0.982. The molecular formula is C18H24N4O5S. The number of hydrogen-bond acceptors (Lipinski definition) is 8. The van der Waals surface area contributed by atoms with Crippen molar-refractivity contribution in [2.75, 3.05) is 26.5 Å². The highest BCUT2D eigenvalue weighted by Crippen LogP contribution is 2.32. The zero-order valence-corrected chi connectivity index (χ0v) is 17.1. The minimum atomic E-state index is -0.607. The van der Waals surface area contributed by atoms with Crippen molar-refractivity contribution in [2.45, 2.75) is 31.5 Å². The molecule has 1 aromatic carbocycles. The van der Waals surface area contributed by atoms with Gasteiger partial charge < -0.3 is 24.5 Å². The van der Waals surface area contributed by atoms with Crippen molar-refractivity contribution in [3.8, 4) is 23.0 Å². The van der Waals surface area contributed by atoms with Gasteiger partial charge in [-0.15, -0.1) is 10.2 Å². The molecule has 10 heteroatoms. The average molecular weight is 408 g/mol. The van der Waals surface area contributed by atoms with E-state index in [-0.39, 0.29) is 22.8 Å². The average Bonchev–Trinajstić information content (AvgIpc) is 3.18. The Hall–Kier alpha value is -2.75. The molecule has 0 aliphatic heterocycles. The molecule has 152 valence electrons. The Kier molecular flexibility index (Phi) is 8.12. The number of benzene rings is 1. The molecule has 1 aromatic heterocycles. The third-order valence-electron chi connectivity index (χ3n) is 3.68. The second-order valence-electron chi connectivity index (χ2n) is 5.81. The number of carbonyl (C=O) groups is 2. The number of ether oxygens (including phenoxy) is 2. The van der Waals surface area contributed by atoms with Crippen LogP contribution >= 0.6 is 11.8 Å². The van der Waals surface area contributed by atoms with Crippen LogP contribution in [0.5, 0.6) is 11.5 Å². The van der Waals surface area contributed by atoms with Gasteiger partial charge in [-0.05, 0) is 31.5 Å². The number of rotatable bonds is 10. The molecule has 0 spiro atoms. The molecule has 1 heterocycles. The zero-order chi connectivity index (χ0) is 20.5. The van der Waals surface area contributed by atoms with E-state index in [1.165, 1.54) is 0 Å². The molecule has 1 atom stereocenters. The minimum absolute atomic E-state index is 0.0545. The Morgan fingerprint density at radius 2 is 1.96 bits per heavy atom. The van der Waals surface area contributed by atoms with Crippen LogP contribution in [-0.2, 0) is 9.59 Å². The van der Waals surface area contributed by atoms with Crippen LogP contribution in [0.3, 0.4) is 0 Å². The van der Waals surface area contributed by atoms with E-state index in [9.17, 15) is 9.59 Å². The highest BCUT2D eigenvalue weighted by molar-refractivity contribution is 7.99. The molecule has 0 fully saturated rings. The number of carbonyl (C=O) groups excluding carboxylic acids is 2. The van der Waals surface area contributed by atoms with Crippen molar-refractivity contribution in [3.63, 3.8) is 0 Å². The number of methoxy groups -OCH3 is 2. The Labute approximate surface area is 167 Å². The molecule has 0 radical (unpaired) electrons. The molecule has 0 saturated heterocycles. The van der Waals surface area contributed by atoms with Gasteiger partial charge in [-0.1, -0.05) is 18.7 Å². The lowest BCUT2D eigenvalue weighted by atomic mass is 10.2. The molecule has 2 aromatic rings. The molecule has 28 heavy (non-hydrogen) atoms. The maximum Gasteiger partial charge on any atom is 0.277 e. The third-order valence-corrected chi connectivity index (χ3v) is 4.50. The van der Waals surface area contributed by atoms with E-state index in [0.717, 1.165) is 18.2 Å². The second kappa shape index (κ2) is 10.5. The van der Waals surface area contributed by atoms with Crippen LogP contribution in [0.15, 0.2) is 27.8 Å². The van der Waals surface area contributed by atoms with Crippen molar-refractivity contribution < 1.29 is 23.5 Å². The molecule has 0 saturated carbocycles. The molecule has 0 aliphatic rings. The van der Waals surface area contributed by atoms with Crippen molar-refractivity contribution in [3.05, 3.63) is 18.2 Å². The maximum atomic E-state index is 12.0. The van der Waals surface area contributed by atoms with Gasteiger partial charge in [0, 0.05) is 12.1 Å². The maximum absolute atomic E-state index is 12.0. The highest BCUT2D eigenvalue weighted by Gasteiger charge is 2.17. The molecule has 9 nitrogen and oxygen atoms in total. The van der Waals surface area contributed by atoms with E-state index in [1.54, 1.807) is 39.3 Å². The summed E-state index contributed by atoms with van der Waals surface area (Å²) in [6.07, 6.45) is 0.835. The van der Waals surface area contributed by atoms with Crippen molar-refractivity contribution in [1.82, 2.24) is 20.8 Å². The van der Waals surface area contributed by atoms with E-state index in [4.69, 9.17) is 13.9 Å². The SMILES string of the molecule is CCCNC(=O)[C@@H](C)NC(=O)CSc1nnc(-c2ccc(OC)c(OC)c2)o1. The summed E-state index contributed by atoms with van der Waals surface area (Å²) >= 11 is 1.09. The van der Waals surface area contributed by atoms with Crippen molar-refractivity contribution >= 4 is 23.6 Å². The van der Waals surface area contributed by atoms with Crippen LogP contribution in [0.1, 0.15) is 20.3 Å². The predicted molar refractivity (Wildman–Crippen MR) is 104 cm³/mol. The number of nitrogens with zero attached hydrogens (tertiary/aromatic N) is 2. The van der Waals surface area contributed by atoms with Crippen molar-refractivity contribution in [1.29, 1.82) is 0 Å². The Balaban J connectivity index is 1.91. The van der Waals surface area contributed by atoms with Gasteiger partial charge in [0.1, 0.15) is 6.04 Å².